The third-order valence-corrected chi connectivity index (χ3v) is 4.59. The molecule has 2 aliphatic carbocycles. The fourth-order valence-electron chi connectivity index (χ4n) is 2.65. The zero-order chi connectivity index (χ0) is 9.80. The van der Waals surface area contributed by atoms with Crippen LogP contribution in [-0.2, 0) is 4.74 Å². The minimum absolute atomic E-state index is 0.506. The number of ether oxygens (including phenoxy) is 1. The van der Waals surface area contributed by atoms with Crippen molar-refractivity contribution < 1.29 is 4.74 Å². The fraction of sp³-hybridized carbons (Fsp3) is 1.00. The summed E-state index contributed by atoms with van der Waals surface area (Å²) in [5.74, 6) is 0. The van der Waals surface area contributed by atoms with E-state index in [0.29, 0.717) is 17.0 Å². The minimum atomic E-state index is 0.506. The monoisotopic (exact) mass is 260 g/mol. The van der Waals surface area contributed by atoms with E-state index in [1.165, 1.54) is 57.8 Å². The second kappa shape index (κ2) is 5.50. The van der Waals surface area contributed by atoms with Gasteiger partial charge in [-0.05, 0) is 25.7 Å². The molecule has 2 unspecified atom stereocenters. The predicted octanol–water partition coefficient (Wildman–Crippen LogP) is 4.04. The van der Waals surface area contributed by atoms with Gasteiger partial charge in [0.05, 0.1) is 12.2 Å². The molecule has 82 valence electrons. The number of rotatable bonds is 2. The molecule has 0 bridgehead atoms. The van der Waals surface area contributed by atoms with E-state index in [9.17, 15) is 0 Å². The number of halogens is 1. The number of hydrogen-bond donors (Lipinski definition) is 0. The van der Waals surface area contributed by atoms with Crippen molar-refractivity contribution in [3.8, 4) is 0 Å². The Morgan fingerprint density at radius 3 is 2.14 bits per heavy atom. The molecule has 2 heteroatoms. The average Bonchev–Trinajstić information content (AvgIpc) is 2.23. The van der Waals surface area contributed by atoms with Gasteiger partial charge in [-0.3, -0.25) is 0 Å². The van der Waals surface area contributed by atoms with Crippen molar-refractivity contribution in [1.29, 1.82) is 0 Å². The summed E-state index contributed by atoms with van der Waals surface area (Å²) in [4.78, 5) is 0.623. The first-order valence-corrected chi connectivity index (χ1v) is 7.07. The highest BCUT2D eigenvalue weighted by Crippen LogP contribution is 2.30. The molecule has 0 saturated heterocycles. The Bertz CT molecular complexity index is 166. The lowest BCUT2D eigenvalue weighted by atomic mass is 9.95. The van der Waals surface area contributed by atoms with Crippen molar-refractivity contribution in [2.75, 3.05) is 0 Å². The van der Waals surface area contributed by atoms with Crippen LogP contribution in [0, 0.1) is 0 Å². The van der Waals surface area contributed by atoms with Crippen LogP contribution in [0.1, 0.15) is 57.8 Å². The van der Waals surface area contributed by atoms with Gasteiger partial charge < -0.3 is 4.74 Å². The molecule has 0 radical (unpaired) electrons. The molecule has 2 rings (SSSR count). The number of hydrogen-bond acceptors (Lipinski definition) is 1. The summed E-state index contributed by atoms with van der Waals surface area (Å²) in [6.07, 6.45) is 13.2. The number of alkyl halides is 1. The highest BCUT2D eigenvalue weighted by atomic mass is 79.9. The average molecular weight is 261 g/mol. The van der Waals surface area contributed by atoms with Crippen LogP contribution in [0.25, 0.3) is 0 Å². The molecule has 0 heterocycles. The summed E-state index contributed by atoms with van der Waals surface area (Å²) >= 11 is 3.76. The lowest BCUT2D eigenvalue weighted by Gasteiger charge is -2.32. The first-order valence-electron chi connectivity index (χ1n) is 6.16. The van der Waals surface area contributed by atoms with Gasteiger partial charge in [0.2, 0.25) is 0 Å². The second-order valence-electron chi connectivity index (χ2n) is 4.74. The Morgan fingerprint density at radius 2 is 1.43 bits per heavy atom. The van der Waals surface area contributed by atoms with Crippen molar-refractivity contribution >= 4 is 15.9 Å². The molecule has 0 aromatic rings. The van der Waals surface area contributed by atoms with Crippen LogP contribution in [0.2, 0.25) is 0 Å². The molecule has 2 atom stereocenters. The van der Waals surface area contributed by atoms with Crippen molar-refractivity contribution in [2.24, 2.45) is 0 Å². The topological polar surface area (TPSA) is 9.23 Å². The van der Waals surface area contributed by atoms with Gasteiger partial charge >= 0.3 is 0 Å². The van der Waals surface area contributed by atoms with Crippen LogP contribution < -0.4 is 0 Å². The van der Waals surface area contributed by atoms with Gasteiger partial charge in [0.1, 0.15) is 0 Å². The van der Waals surface area contributed by atoms with Crippen LogP contribution in [0.4, 0.5) is 0 Å². The molecule has 0 amide bonds. The highest BCUT2D eigenvalue weighted by molar-refractivity contribution is 9.09. The zero-order valence-electron chi connectivity index (χ0n) is 8.88. The van der Waals surface area contributed by atoms with Gasteiger partial charge in [-0.15, -0.1) is 0 Å². The van der Waals surface area contributed by atoms with Crippen molar-refractivity contribution in [3.05, 3.63) is 0 Å². The van der Waals surface area contributed by atoms with Crippen molar-refractivity contribution in [1.82, 2.24) is 0 Å². The maximum atomic E-state index is 6.20. The van der Waals surface area contributed by atoms with Gasteiger partial charge in [-0.1, -0.05) is 48.0 Å². The molecule has 0 aliphatic heterocycles. The van der Waals surface area contributed by atoms with Crippen LogP contribution >= 0.6 is 15.9 Å². The Labute approximate surface area is 95.7 Å². The molecule has 14 heavy (non-hydrogen) atoms. The van der Waals surface area contributed by atoms with Gasteiger partial charge in [0.25, 0.3) is 0 Å². The van der Waals surface area contributed by atoms with E-state index >= 15 is 0 Å². The SMILES string of the molecule is BrC1CCCCC1OC1CCCCC1. The summed E-state index contributed by atoms with van der Waals surface area (Å²) < 4.78 is 6.20. The van der Waals surface area contributed by atoms with E-state index in [4.69, 9.17) is 4.74 Å². The summed E-state index contributed by atoms with van der Waals surface area (Å²) in [5.41, 5.74) is 0. The van der Waals surface area contributed by atoms with Crippen LogP contribution in [-0.4, -0.2) is 17.0 Å². The smallest absolute Gasteiger partial charge is 0.0703 e. The molecule has 0 aromatic carbocycles. The Balaban J connectivity index is 1.76. The Hall–Kier alpha value is 0.440. The standard InChI is InChI=1S/C12H21BrO/c13-11-8-4-5-9-12(11)14-10-6-2-1-3-7-10/h10-12H,1-9H2. The van der Waals surface area contributed by atoms with Gasteiger partial charge in [-0.25, -0.2) is 0 Å². The summed E-state index contributed by atoms with van der Waals surface area (Å²) in [6.45, 7) is 0. The minimum Gasteiger partial charge on any atom is -0.374 e. The molecule has 2 aliphatic rings. The maximum absolute atomic E-state index is 6.20. The van der Waals surface area contributed by atoms with E-state index in [1.54, 1.807) is 0 Å². The Morgan fingerprint density at radius 1 is 0.786 bits per heavy atom. The first kappa shape index (κ1) is 10.9. The lowest BCUT2D eigenvalue weighted by Crippen LogP contribution is -2.33. The van der Waals surface area contributed by atoms with E-state index in [0.717, 1.165) is 0 Å². The van der Waals surface area contributed by atoms with Gasteiger partial charge in [0, 0.05) is 4.83 Å². The zero-order valence-corrected chi connectivity index (χ0v) is 10.5. The molecular formula is C12H21BrO. The van der Waals surface area contributed by atoms with Crippen LogP contribution in [0.5, 0.6) is 0 Å². The first-order chi connectivity index (χ1) is 6.86. The van der Waals surface area contributed by atoms with Crippen LogP contribution in [0.15, 0.2) is 0 Å². The Kier molecular flexibility index (Phi) is 4.30. The summed E-state index contributed by atoms with van der Waals surface area (Å²) in [7, 11) is 0. The fourth-order valence-corrected chi connectivity index (χ4v) is 3.37. The van der Waals surface area contributed by atoms with E-state index in [2.05, 4.69) is 15.9 Å². The quantitative estimate of drug-likeness (QED) is 0.681. The molecule has 2 fully saturated rings. The molecular weight excluding hydrogens is 240 g/mol. The normalized spacial score (nSPS) is 35.8. The highest BCUT2D eigenvalue weighted by Gasteiger charge is 2.26. The van der Waals surface area contributed by atoms with E-state index < -0.39 is 0 Å². The summed E-state index contributed by atoms with van der Waals surface area (Å²) in [6, 6.07) is 0. The van der Waals surface area contributed by atoms with Crippen molar-refractivity contribution in [2.45, 2.75) is 74.8 Å². The van der Waals surface area contributed by atoms with Gasteiger partial charge in [-0.2, -0.15) is 0 Å². The van der Waals surface area contributed by atoms with Crippen LogP contribution in [0.3, 0.4) is 0 Å². The predicted molar refractivity (Wildman–Crippen MR) is 62.9 cm³/mol. The van der Waals surface area contributed by atoms with Gasteiger partial charge in [0.15, 0.2) is 0 Å². The van der Waals surface area contributed by atoms with Crippen molar-refractivity contribution in [3.63, 3.8) is 0 Å². The lowest BCUT2D eigenvalue weighted by molar-refractivity contribution is -0.0407. The maximum Gasteiger partial charge on any atom is 0.0703 e. The molecule has 0 aromatic heterocycles. The van der Waals surface area contributed by atoms with E-state index in [-0.39, 0.29) is 0 Å². The molecule has 0 N–H and O–H groups in total. The molecule has 1 nitrogen and oxygen atoms in total. The third kappa shape index (κ3) is 2.96. The summed E-state index contributed by atoms with van der Waals surface area (Å²) in [5, 5.41) is 0. The second-order valence-corrected chi connectivity index (χ2v) is 5.91. The molecule has 0 spiro atoms. The van der Waals surface area contributed by atoms with E-state index in [1.807, 2.05) is 0 Å². The largest absolute Gasteiger partial charge is 0.374 e. The third-order valence-electron chi connectivity index (χ3n) is 3.54. The molecule has 2 saturated carbocycles.